The fourth-order valence-corrected chi connectivity index (χ4v) is 2.33. The second-order valence-electron chi connectivity index (χ2n) is 4.70. The van der Waals surface area contributed by atoms with Crippen molar-refractivity contribution in [3.8, 4) is 5.75 Å². The Kier molecular flexibility index (Phi) is 5.10. The standard InChI is InChI=1S/C16H14Cl2O3/c1-10-2-6-13(7-3-10)21-15(16(19)20)8-11-4-5-12(17)9-14(11)18/h2-7,9,15H,8H2,1H3,(H,19,20)/t15-/m1/s1. The van der Waals surface area contributed by atoms with Crippen molar-refractivity contribution in [2.45, 2.75) is 19.4 Å². The molecule has 1 N–H and O–H groups in total. The van der Waals surface area contributed by atoms with Gasteiger partial charge in [-0.1, -0.05) is 47.0 Å². The van der Waals surface area contributed by atoms with Crippen molar-refractivity contribution in [3.63, 3.8) is 0 Å². The van der Waals surface area contributed by atoms with E-state index in [4.69, 9.17) is 27.9 Å². The third kappa shape index (κ3) is 4.38. The lowest BCUT2D eigenvalue weighted by Gasteiger charge is -2.16. The number of hydrogen-bond donors (Lipinski definition) is 1. The molecule has 0 aliphatic rings. The summed E-state index contributed by atoms with van der Waals surface area (Å²) in [6, 6.07) is 12.2. The lowest BCUT2D eigenvalue weighted by molar-refractivity contribution is -0.145. The molecule has 0 saturated carbocycles. The number of carbonyl (C=O) groups is 1. The van der Waals surface area contributed by atoms with Crippen LogP contribution in [0.1, 0.15) is 11.1 Å². The van der Waals surface area contributed by atoms with Crippen molar-refractivity contribution in [1.29, 1.82) is 0 Å². The SMILES string of the molecule is Cc1ccc(O[C@H](Cc2ccc(Cl)cc2Cl)C(=O)O)cc1. The molecule has 0 aliphatic carbocycles. The zero-order chi connectivity index (χ0) is 15.4. The zero-order valence-electron chi connectivity index (χ0n) is 11.3. The molecule has 0 fully saturated rings. The van der Waals surface area contributed by atoms with E-state index in [9.17, 15) is 9.90 Å². The minimum atomic E-state index is -1.04. The molecule has 0 aromatic heterocycles. The van der Waals surface area contributed by atoms with Crippen molar-refractivity contribution in [1.82, 2.24) is 0 Å². The van der Waals surface area contributed by atoms with Gasteiger partial charge in [-0.25, -0.2) is 4.79 Å². The molecule has 2 rings (SSSR count). The summed E-state index contributed by atoms with van der Waals surface area (Å²) in [5.74, 6) is -0.528. The number of carboxylic acids is 1. The molecule has 1 atom stereocenters. The maximum Gasteiger partial charge on any atom is 0.345 e. The first-order valence-electron chi connectivity index (χ1n) is 6.36. The molecule has 110 valence electrons. The highest BCUT2D eigenvalue weighted by atomic mass is 35.5. The van der Waals surface area contributed by atoms with Gasteiger partial charge in [-0.05, 0) is 36.8 Å². The number of rotatable bonds is 5. The van der Waals surface area contributed by atoms with Crippen LogP contribution in [0.3, 0.4) is 0 Å². The van der Waals surface area contributed by atoms with E-state index in [1.165, 1.54) is 0 Å². The van der Waals surface area contributed by atoms with Crippen LogP contribution in [0.5, 0.6) is 5.75 Å². The molecule has 0 saturated heterocycles. The first-order chi connectivity index (χ1) is 9.95. The normalized spacial score (nSPS) is 12.0. The van der Waals surface area contributed by atoms with Crippen molar-refractivity contribution in [2.24, 2.45) is 0 Å². The molecule has 0 spiro atoms. The van der Waals surface area contributed by atoms with E-state index in [0.717, 1.165) is 5.56 Å². The van der Waals surface area contributed by atoms with Gasteiger partial charge in [0, 0.05) is 16.5 Å². The predicted molar refractivity (Wildman–Crippen MR) is 83.4 cm³/mol. The van der Waals surface area contributed by atoms with E-state index in [-0.39, 0.29) is 6.42 Å². The number of ether oxygens (including phenoxy) is 1. The summed E-state index contributed by atoms with van der Waals surface area (Å²) in [6.07, 6.45) is -0.842. The van der Waals surface area contributed by atoms with Gasteiger partial charge in [0.15, 0.2) is 6.10 Å². The molecular formula is C16H14Cl2O3. The van der Waals surface area contributed by atoms with E-state index in [2.05, 4.69) is 0 Å². The van der Waals surface area contributed by atoms with E-state index < -0.39 is 12.1 Å². The fourth-order valence-electron chi connectivity index (χ4n) is 1.85. The van der Waals surface area contributed by atoms with Crippen molar-refractivity contribution in [3.05, 3.63) is 63.6 Å². The summed E-state index contributed by atoms with van der Waals surface area (Å²) in [7, 11) is 0. The highest BCUT2D eigenvalue weighted by Crippen LogP contribution is 2.23. The third-order valence-electron chi connectivity index (χ3n) is 3.00. The monoisotopic (exact) mass is 324 g/mol. The zero-order valence-corrected chi connectivity index (χ0v) is 12.9. The lowest BCUT2D eigenvalue weighted by atomic mass is 10.1. The molecule has 0 bridgehead atoms. The van der Waals surface area contributed by atoms with Gasteiger partial charge in [-0.2, -0.15) is 0 Å². The van der Waals surface area contributed by atoms with Gasteiger partial charge in [-0.15, -0.1) is 0 Å². The third-order valence-corrected chi connectivity index (χ3v) is 3.58. The smallest absolute Gasteiger partial charge is 0.345 e. The van der Waals surface area contributed by atoms with Gasteiger partial charge in [0.1, 0.15) is 5.75 Å². The molecule has 0 aliphatic heterocycles. The average Bonchev–Trinajstić information content (AvgIpc) is 2.43. The quantitative estimate of drug-likeness (QED) is 0.887. The van der Waals surface area contributed by atoms with E-state index in [0.29, 0.717) is 21.4 Å². The summed E-state index contributed by atoms with van der Waals surface area (Å²) in [5.41, 5.74) is 1.76. The molecule has 0 heterocycles. The molecule has 3 nitrogen and oxygen atoms in total. The average molecular weight is 325 g/mol. The number of hydrogen-bond acceptors (Lipinski definition) is 2. The topological polar surface area (TPSA) is 46.5 Å². The molecule has 2 aromatic rings. The highest BCUT2D eigenvalue weighted by Gasteiger charge is 2.21. The largest absolute Gasteiger partial charge is 0.478 e. The first kappa shape index (κ1) is 15.7. The maximum absolute atomic E-state index is 11.4. The van der Waals surface area contributed by atoms with Gasteiger partial charge in [0.2, 0.25) is 0 Å². The Hall–Kier alpha value is -1.71. The van der Waals surface area contributed by atoms with Crippen LogP contribution in [0.15, 0.2) is 42.5 Å². The van der Waals surface area contributed by atoms with E-state index in [1.807, 2.05) is 19.1 Å². The number of carboxylic acid groups (broad SMARTS) is 1. The first-order valence-corrected chi connectivity index (χ1v) is 7.11. The van der Waals surface area contributed by atoms with Gasteiger partial charge in [0.05, 0.1) is 0 Å². The van der Waals surface area contributed by atoms with Crippen LogP contribution < -0.4 is 4.74 Å². The Morgan fingerprint density at radius 2 is 1.86 bits per heavy atom. The molecule has 0 radical (unpaired) electrons. The van der Waals surface area contributed by atoms with Gasteiger partial charge in [-0.3, -0.25) is 0 Å². The minimum absolute atomic E-state index is 0.166. The minimum Gasteiger partial charge on any atom is -0.478 e. The molecule has 21 heavy (non-hydrogen) atoms. The van der Waals surface area contributed by atoms with Crippen molar-refractivity contribution >= 4 is 29.2 Å². The number of benzene rings is 2. The van der Waals surface area contributed by atoms with Gasteiger partial charge in [0.25, 0.3) is 0 Å². The molecular weight excluding hydrogens is 311 g/mol. The summed E-state index contributed by atoms with van der Waals surface area (Å²) >= 11 is 11.9. The lowest BCUT2D eigenvalue weighted by Crippen LogP contribution is -2.29. The van der Waals surface area contributed by atoms with Crippen molar-refractivity contribution < 1.29 is 14.6 Å². The number of aryl methyl sites for hydroxylation is 1. The second kappa shape index (κ2) is 6.83. The highest BCUT2D eigenvalue weighted by molar-refractivity contribution is 6.35. The Bertz CT molecular complexity index is 638. The van der Waals surface area contributed by atoms with Crippen LogP contribution in [-0.4, -0.2) is 17.2 Å². The number of aliphatic carboxylic acids is 1. The maximum atomic E-state index is 11.4. The summed E-state index contributed by atoms with van der Waals surface area (Å²) in [6.45, 7) is 1.95. The molecule has 0 amide bonds. The Morgan fingerprint density at radius 1 is 1.19 bits per heavy atom. The molecule has 2 aromatic carbocycles. The second-order valence-corrected chi connectivity index (χ2v) is 5.54. The summed E-state index contributed by atoms with van der Waals surface area (Å²) in [4.78, 5) is 11.4. The Morgan fingerprint density at radius 3 is 2.43 bits per heavy atom. The van der Waals surface area contributed by atoms with E-state index in [1.54, 1.807) is 30.3 Å². The van der Waals surface area contributed by atoms with Crippen LogP contribution in [0.4, 0.5) is 0 Å². The van der Waals surface area contributed by atoms with Crippen LogP contribution in [0.25, 0.3) is 0 Å². The van der Waals surface area contributed by atoms with Crippen LogP contribution in [0, 0.1) is 6.92 Å². The van der Waals surface area contributed by atoms with Gasteiger partial charge >= 0.3 is 5.97 Å². The van der Waals surface area contributed by atoms with Crippen molar-refractivity contribution in [2.75, 3.05) is 0 Å². The summed E-state index contributed by atoms with van der Waals surface area (Å²) in [5, 5.41) is 10.2. The Balaban J connectivity index is 2.15. The fraction of sp³-hybridized carbons (Fsp3) is 0.188. The number of halogens is 2. The van der Waals surface area contributed by atoms with Crippen LogP contribution >= 0.6 is 23.2 Å². The molecule has 5 heteroatoms. The molecule has 0 unspecified atom stereocenters. The van der Waals surface area contributed by atoms with E-state index >= 15 is 0 Å². The summed E-state index contributed by atoms with van der Waals surface area (Å²) < 4.78 is 5.53. The predicted octanol–water partition coefficient (Wildman–Crippen LogP) is 4.38. The van der Waals surface area contributed by atoms with Gasteiger partial charge < -0.3 is 9.84 Å². The van der Waals surface area contributed by atoms with Crippen LogP contribution in [-0.2, 0) is 11.2 Å². The van der Waals surface area contributed by atoms with Crippen LogP contribution in [0.2, 0.25) is 10.0 Å². The Labute approximate surface area is 133 Å².